The van der Waals surface area contributed by atoms with Gasteiger partial charge in [0, 0.05) is 16.2 Å². The van der Waals surface area contributed by atoms with E-state index in [1.807, 2.05) is 30.5 Å². The molecule has 1 heterocycles. The van der Waals surface area contributed by atoms with Crippen LogP contribution in [0.4, 0.5) is 0 Å². The van der Waals surface area contributed by atoms with Crippen LogP contribution >= 0.6 is 15.9 Å². The van der Waals surface area contributed by atoms with E-state index in [1.54, 1.807) is 7.11 Å². The maximum atomic E-state index is 5.13. The summed E-state index contributed by atoms with van der Waals surface area (Å²) in [5, 5.41) is 0. The molecule has 0 saturated heterocycles. The number of hydrogen-bond donors (Lipinski definition) is 0. The second-order valence-corrected chi connectivity index (χ2v) is 4.46. The van der Waals surface area contributed by atoms with E-state index in [2.05, 4.69) is 33.9 Å². The second kappa shape index (κ2) is 4.66. The fourth-order valence-corrected chi connectivity index (χ4v) is 2.04. The molecule has 0 unspecified atom stereocenters. The van der Waals surface area contributed by atoms with E-state index >= 15 is 0 Å². The first-order valence-electron chi connectivity index (χ1n) is 4.97. The van der Waals surface area contributed by atoms with E-state index in [0.29, 0.717) is 0 Å². The molecule has 0 amide bonds. The molecule has 0 atom stereocenters. The SMILES string of the molecule is COc1ccc(-c2ncc(Br)cc2C)cc1. The van der Waals surface area contributed by atoms with Crippen molar-refractivity contribution >= 4 is 15.9 Å². The Morgan fingerprint density at radius 2 is 1.88 bits per heavy atom. The average molecular weight is 278 g/mol. The molecule has 2 nitrogen and oxygen atoms in total. The van der Waals surface area contributed by atoms with E-state index in [4.69, 9.17) is 4.74 Å². The van der Waals surface area contributed by atoms with Crippen molar-refractivity contribution in [1.82, 2.24) is 4.98 Å². The molecular formula is C13H12BrNO. The third kappa shape index (κ3) is 2.25. The minimum Gasteiger partial charge on any atom is -0.497 e. The lowest BCUT2D eigenvalue weighted by Gasteiger charge is -2.06. The number of ether oxygens (including phenoxy) is 1. The Morgan fingerprint density at radius 3 is 2.44 bits per heavy atom. The van der Waals surface area contributed by atoms with Gasteiger partial charge in [0.2, 0.25) is 0 Å². The lowest BCUT2D eigenvalue weighted by Crippen LogP contribution is -1.88. The van der Waals surface area contributed by atoms with Crippen molar-refractivity contribution in [3.8, 4) is 17.0 Å². The minimum atomic E-state index is 0.860. The number of rotatable bonds is 2. The largest absolute Gasteiger partial charge is 0.497 e. The van der Waals surface area contributed by atoms with E-state index in [-0.39, 0.29) is 0 Å². The summed E-state index contributed by atoms with van der Waals surface area (Å²) in [5.74, 6) is 0.860. The molecule has 0 aliphatic rings. The van der Waals surface area contributed by atoms with Crippen molar-refractivity contribution in [1.29, 1.82) is 0 Å². The molecule has 1 aromatic heterocycles. The normalized spacial score (nSPS) is 10.2. The van der Waals surface area contributed by atoms with Crippen molar-refractivity contribution in [3.05, 3.63) is 46.6 Å². The highest BCUT2D eigenvalue weighted by Crippen LogP contribution is 2.25. The molecule has 0 N–H and O–H groups in total. The van der Waals surface area contributed by atoms with Gasteiger partial charge in [-0.15, -0.1) is 0 Å². The van der Waals surface area contributed by atoms with Gasteiger partial charge < -0.3 is 4.74 Å². The zero-order valence-electron chi connectivity index (χ0n) is 9.20. The summed E-state index contributed by atoms with van der Waals surface area (Å²) in [5.41, 5.74) is 3.26. The van der Waals surface area contributed by atoms with Crippen LogP contribution in [-0.4, -0.2) is 12.1 Å². The Kier molecular flexibility index (Phi) is 3.25. The molecule has 16 heavy (non-hydrogen) atoms. The summed E-state index contributed by atoms with van der Waals surface area (Å²) in [4.78, 5) is 4.42. The van der Waals surface area contributed by atoms with Crippen molar-refractivity contribution in [2.45, 2.75) is 6.92 Å². The summed E-state index contributed by atoms with van der Waals surface area (Å²) in [7, 11) is 1.66. The molecule has 0 aliphatic heterocycles. The van der Waals surface area contributed by atoms with Crippen LogP contribution in [0.25, 0.3) is 11.3 Å². The average Bonchev–Trinajstić information content (AvgIpc) is 2.29. The van der Waals surface area contributed by atoms with Crippen LogP contribution in [0.2, 0.25) is 0 Å². The Labute approximate surface area is 103 Å². The number of methoxy groups -OCH3 is 1. The molecule has 0 bridgehead atoms. The van der Waals surface area contributed by atoms with Gasteiger partial charge in [0.15, 0.2) is 0 Å². The van der Waals surface area contributed by atoms with Gasteiger partial charge in [0.05, 0.1) is 12.8 Å². The Bertz CT molecular complexity index is 494. The number of pyridine rings is 1. The lowest BCUT2D eigenvalue weighted by atomic mass is 10.1. The predicted molar refractivity (Wildman–Crippen MR) is 68.7 cm³/mol. The van der Waals surface area contributed by atoms with Gasteiger partial charge in [0.25, 0.3) is 0 Å². The van der Waals surface area contributed by atoms with Gasteiger partial charge in [-0.25, -0.2) is 0 Å². The van der Waals surface area contributed by atoms with Crippen LogP contribution < -0.4 is 4.74 Å². The number of aromatic nitrogens is 1. The maximum Gasteiger partial charge on any atom is 0.118 e. The van der Waals surface area contributed by atoms with Crippen LogP contribution in [0, 0.1) is 6.92 Å². The second-order valence-electron chi connectivity index (χ2n) is 3.55. The quantitative estimate of drug-likeness (QED) is 0.833. The minimum absolute atomic E-state index is 0.860. The molecular weight excluding hydrogens is 266 g/mol. The first kappa shape index (κ1) is 11.1. The predicted octanol–water partition coefficient (Wildman–Crippen LogP) is 3.83. The monoisotopic (exact) mass is 277 g/mol. The molecule has 2 rings (SSSR count). The Hall–Kier alpha value is -1.35. The molecule has 0 spiro atoms. The maximum absolute atomic E-state index is 5.13. The molecule has 1 aromatic carbocycles. The van der Waals surface area contributed by atoms with Gasteiger partial charge in [0.1, 0.15) is 5.75 Å². The van der Waals surface area contributed by atoms with Crippen molar-refractivity contribution in [2.24, 2.45) is 0 Å². The first-order valence-corrected chi connectivity index (χ1v) is 5.76. The third-order valence-corrected chi connectivity index (χ3v) is 2.84. The van der Waals surface area contributed by atoms with Crippen LogP contribution in [-0.2, 0) is 0 Å². The molecule has 2 aromatic rings. The molecule has 0 fully saturated rings. The fraction of sp³-hybridized carbons (Fsp3) is 0.154. The molecule has 0 saturated carbocycles. The highest BCUT2D eigenvalue weighted by Gasteiger charge is 2.04. The van der Waals surface area contributed by atoms with Crippen molar-refractivity contribution in [2.75, 3.05) is 7.11 Å². The smallest absolute Gasteiger partial charge is 0.118 e. The van der Waals surface area contributed by atoms with Gasteiger partial charge >= 0.3 is 0 Å². The van der Waals surface area contributed by atoms with Crippen LogP contribution in [0.15, 0.2) is 41.0 Å². The van der Waals surface area contributed by atoms with Crippen molar-refractivity contribution in [3.63, 3.8) is 0 Å². The summed E-state index contributed by atoms with van der Waals surface area (Å²) in [6.45, 7) is 2.05. The zero-order chi connectivity index (χ0) is 11.5. The third-order valence-electron chi connectivity index (χ3n) is 2.41. The molecule has 82 valence electrons. The number of aryl methyl sites for hydroxylation is 1. The van der Waals surface area contributed by atoms with Crippen LogP contribution in [0.5, 0.6) is 5.75 Å². The Balaban J connectivity index is 2.42. The van der Waals surface area contributed by atoms with Crippen LogP contribution in [0.1, 0.15) is 5.56 Å². The zero-order valence-corrected chi connectivity index (χ0v) is 10.8. The van der Waals surface area contributed by atoms with Gasteiger partial charge in [-0.3, -0.25) is 4.98 Å². The number of hydrogen-bond acceptors (Lipinski definition) is 2. The fourth-order valence-electron chi connectivity index (χ4n) is 1.59. The van der Waals surface area contributed by atoms with Crippen LogP contribution in [0.3, 0.4) is 0 Å². The van der Waals surface area contributed by atoms with Gasteiger partial charge in [-0.1, -0.05) is 0 Å². The van der Waals surface area contributed by atoms with E-state index in [1.165, 1.54) is 0 Å². The summed E-state index contributed by atoms with van der Waals surface area (Å²) < 4.78 is 6.13. The molecule has 0 radical (unpaired) electrons. The first-order chi connectivity index (χ1) is 7.70. The molecule has 3 heteroatoms. The number of halogens is 1. The van der Waals surface area contributed by atoms with Gasteiger partial charge in [-0.05, 0) is 58.7 Å². The van der Waals surface area contributed by atoms with E-state index < -0.39 is 0 Å². The standard InChI is InChI=1S/C13H12BrNO/c1-9-7-11(14)8-15-13(9)10-3-5-12(16-2)6-4-10/h3-8H,1-2H3. The lowest BCUT2D eigenvalue weighted by molar-refractivity contribution is 0.415. The van der Waals surface area contributed by atoms with Crippen molar-refractivity contribution < 1.29 is 4.74 Å². The topological polar surface area (TPSA) is 22.1 Å². The molecule has 0 aliphatic carbocycles. The summed E-state index contributed by atoms with van der Waals surface area (Å²) in [6, 6.07) is 9.98. The number of benzene rings is 1. The van der Waals surface area contributed by atoms with Gasteiger partial charge in [-0.2, -0.15) is 0 Å². The highest BCUT2D eigenvalue weighted by molar-refractivity contribution is 9.10. The highest BCUT2D eigenvalue weighted by atomic mass is 79.9. The Morgan fingerprint density at radius 1 is 1.19 bits per heavy atom. The number of nitrogens with zero attached hydrogens (tertiary/aromatic N) is 1. The van der Waals surface area contributed by atoms with E-state index in [0.717, 1.165) is 27.0 Å². The summed E-state index contributed by atoms with van der Waals surface area (Å²) >= 11 is 3.41. The summed E-state index contributed by atoms with van der Waals surface area (Å²) in [6.07, 6.45) is 1.81. The van der Waals surface area contributed by atoms with E-state index in [9.17, 15) is 0 Å².